The maximum atomic E-state index is 13.8. The molecule has 1 amide bonds. The first-order valence-electron chi connectivity index (χ1n) is 8.28. The number of hydrogen-bond donors (Lipinski definition) is 1. The Morgan fingerprint density at radius 1 is 1.15 bits per heavy atom. The molecule has 0 unspecified atom stereocenters. The molecule has 0 aliphatic carbocycles. The quantitative estimate of drug-likeness (QED) is 0.884. The molecule has 0 spiro atoms. The fourth-order valence-corrected chi connectivity index (χ4v) is 3.40. The van der Waals surface area contributed by atoms with E-state index >= 15 is 0 Å². The zero-order valence-corrected chi connectivity index (χ0v) is 14.3. The molecule has 1 saturated heterocycles. The van der Waals surface area contributed by atoms with Gasteiger partial charge in [0.2, 0.25) is 0 Å². The number of likely N-dealkylation sites (tertiary alicyclic amines) is 1. The molecule has 3 rings (SSSR count). The van der Waals surface area contributed by atoms with E-state index in [1.165, 1.54) is 6.07 Å². The minimum absolute atomic E-state index is 0.0896. The highest BCUT2D eigenvalue weighted by molar-refractivity contribution is 5.92. The van der Waals surface area contributed by atoms with Gasteiger partial charge in [-0.1, -0.05) is 0 Å². The van der Waals surface area contributed by atoms with Crippen molar-refractivity contribution in [3.63, 3.8) is 0 Å². The first-order valence-corrected chi connectivity index (χ1v) is 8.28. The summed E-state index contributed by atoms with van der Waals surface area (Å²) >= 11 is 0. The van der Waals surface area contributed by atoms with Crippen molar-refractivity contribution in [1.82, 2.24) is 4.90 Å². The maximum absolute atomic E-state index is 13.8. The molecule has 0 radical (unpaired) electrons. The molecule has 2 aromatic rings. The molecule has 26 heavy (non-hydrogen) atoms. The van der Waals surface area contributed by atoms with E-state index < -0.39 is 23.5 Å². The van der Waals surface area contributed by atoms with E-state index in [1.807, 2.05) is 7.05 Å². The lowest BCUT2D eigenvalue weighted by atomic mass is 10.0. The van der Waals surface area contributed by atoms with Gasteiger partial charge in [0.1, 0.15) is 17.5 Å². The zero-order chi connectivity index (χ0) is 18.8. The molecule has 138 valence electrons. The summed E-state index contributed by atoms with van der Waals surface area (Å²) in [5.74, 6) is -2.10. The van der Waals surface area contributed by atoms with Crippen LogP contribution in [-0.2, 0) is 0 Å². The van der Waals surface area contributed by atoms with E-state index in [-0.39, 0.29) is 29.3 Å². The summed E-state index contributed by atoms with van der Waals surface area (Å²) in [7, 11) is 1.96. The normalized spacial score (nSPS) is 17.5. The molecular formula is C19H19F3N2O2. The summed E-state index contributed by atoms with van der Waals surface area (Å²) in [6, 6.07) is 6.41. The van der Waals surface area contributed by atoms with E-state index in [1.54, 1.807) is 0 Å². The molecular weight excluding hydrogens is 345 g/mol. The first kappa shape index (κ1) is 18.3. The second kappa shape index (κ2) is 7.37. The number of benzene rings is 2. The van der Waals surface area contributed by atoms with Crippen molar-refractivity contribution in [1.29, 1.82) is 0 Å². The van der Waals surface area contributed by atoms with E-state index in [0.29, 0.717) is 6.07 Å². The second-order valence-electron chi connectivity index (χ2n) is 6.63. The van der Waals surface area contributed by atoms with Crippen molar-refractivity contribution in [3.8, 4) is 11.1 Å². The van der Waals surface area contributed by atoms with Crippen molar-refractivity contribution in [3.05, 3.63) is 53.8 Å². The standard InChI is InChI=1S/C19H19F3N2O2/c1-23-5-4-12(10-23)11-24(19(25)26)18-3-2-14(20)9-17(18)13-6-15(21)8-16(22)7-13/h2-3,6-9,12H,4-5,10-11H2,1H3,(H,25,26)/t12-/m1/s1. The summed E-state index contributed by atoms with van der Waals surface area (Å²) in [6.45, 7) is 1.87. The van der Waals surface area contributed by atoms with E-state index in [4.69, 9.17) is 0 Å². The average Bonchev–Trinajstić information content (AvgIpc) is 2.97. The minimum atomic E-state index is -1.19. The number of nitrogens with zero attached hydrogens (tertiary/aromatic N) is 2. The van der Waals surface area contributed by atoms with E-state index in [0.717, 1.165) is 48.7 Å². The van der Waals surface area contributed by atoms with Gasteiger partial charge in [0.05, 0.1) is 5.69 Å². The highest BCUT2D eigenvalue weighted by Gasteiger charge is 2.27. The third kappa shape index (κ3) is 3.99. The van der Waals surface area contributed by atoms with Gasteiger partial charge in [0.15, 0.2) is 0 Å². The monoisotopic (exact) mass is 364 g/mol. The summed E-state index contributed by atoms with van der Waals surface area (Å²) in [6.07, 6.45) is -0.338. The van der Waals surface area contributed by atoms with E-state index in [2.05, 4.69) is 4.90 Å². The molecule has 1 aliphatic rings. The SMILES string of the molecule is CN1CC[C@@H](CN(C(=O)O)c2ccc(F)cc2-c2cc(F)cc(F)c2)C1. The van der Waals surface area contributed by atoms with Crippen LogP contribution >= 0.6 is 0 Å². The Bertz CT molecular complexity index is 808. The third-order valence-corrected chi connectivity index (χ3v) is 4.58. The lowest BCUT2D eigenvalue weighted by Crippen LogP contribution is -2.35. The van der Waals surface area contributed by atoms with Crippen LogP contribution in [0.5, 0.6) is 0 Å². The highest BCUT2D eigenvalue weighted by Crippen LogP contribution is 2.34. The second-order valence-corrected chi connectivity index (χ2v) is 6.63. The van der Waals surface area contributed by atoms with Crippen LogP contribution in [0.4, 0.5) is 23.7 Å². The highest BCUT2D eigenvalue weighted by atomic mass is 19.1. The molecule has 1 heterocycles. The summed E-state index contributed by atoms with van der Waals surface area (Å²) < 4.78 is 41.0. The third-order valence-electron chi connectivity index (χ3n) is 4.58. The molecule has 1 fully saturated rings. The van der Waals surface area contributed by atoms with Crippen molar-refractivity contribution in [2.45, 2.75) is 6.42 Å². The maximum Gasteiger partial charge on any atom is 0.411 e. The topological polar surface area (TPSA) is 43.8 Å². The van der Waals surface area contributed by atoms with Crippen molar-refractivity contribution >= 4 is 11.8 Å². The van der Waals surface area contributed by atoms with Crippen molar-refractivity contribution in [2.24, 2.45) is 5.92 Å². The van der Waals surface area contributed by atoms with Crippen molar-refractivity contribution in [2.75, 3.05) is 31.6 Å². The molecule has 2 aromatic carbocycles. The Labute approximate surface area is 149 Å². The Balaban J connectivity index is 2.03. The predicted molar refractivity (Wildman–Crippen MR) is 92.7 cm³/mol. The Morgan fingerprint density at radius 2 is 1.85 bits per heavy atom. The molecule has 1 atom stereocenters. The van der Waals surface area contributed by atoms with Crippen LogP contribution in [0.3, 0.4) is 0 Å². The molecule has 7 heteroatoms. The minimum Gasteiger partial charge on any atom is -0.465 e. The summed E-state index contributed by atoms with van der Waals surface area (Å²) in [5, 5.41) is 9.67. The lowest BCUT2D eigenvalue weighted by molar-refractivity contribution is 0.200. The van der Waals surface area contributed by atoms with Crippen LogP contribution in [0.25, 0.3) is 11.1 Å². The van der Waals surface area contributed by atoms with Crippen LogP contribution in [0.1, 0.15) is 6.42 Å². The molecule has 0 aromatic heterocycles. The van der Waals surface area contributed by atoms with Crippen molar-refractivity contribution < 1.29 is 23.1 Å². The number of amides is 1. The number of hydrogen-bond acceptors (Lipinski definition) is 2. The molecule has 0 bridgehead atoms. The van der Waals surface area contributed by atoms with Gasteiger partial charge in [-0.25, -0.2) is 18.0 Å². The van der Waals surface area contributed by atoms with Gasteiger partial charge in [-0.3, -0.25) is 4.90 Å². The van der Waals surface area contributed by atoms with Gasteiger partial charge >= 0.3 is 6.09 Å². The number of carboxylic acid groups (broad SMARTS) is 1. The van der Waals surface area contributed by atoms with Gasteiger partial charge in [0.25, 0.3) is 0 Å². The largest absolute Gasteiger partial charge is 0.465 e. The molecule has 0 saturated carbocycles. The van der Waals surface area contributed by atoms with Gasteiger partial charge in [-0.2, -0.15) is 0 Å². The van der Waals surface area contributed by atoms with Crippen LogP contribution in [0.15, 0.2) is 36.4 Å². The van der Waals surface area contributed by atoms with Gasteiger partial charge in [-0.05, 0) is 61.8 Å². The van der Waals surface area contributed by atoms with Crippen LogP contribution in [0, 0.1) is 23.4 Å². The van der Waals surface area contributed by atoms with Crippen LogP contribution in [0.2, 0.25) is 0 Å². The fraction of sp³-hybridized carbons (Fsp3) is 0.316. The summed E-state index contributed by atoms with van der Waals surface area (Å²) in [5.41, 5.74) is 0.433. The number of carbonyl (C=O) groups is 1. The molecule has 1 N–H and O–H groups in total. The Hall–Kier alpha value is -2.54. The molecule has 1 aliphatic heterocycles. The predicted octanol–water partition coefficient (Wildman–Crippen LogP) is 4.21. The van der Waals surface area contributed by atoms with E-state index in [9.17, 15) is 23.1 Å². The van der Waals surface area contributed by atoms with Gasteiger partial charge in [-0.15, -0.1) is 0 Å². The van der Waals surface area contributed by atoms with Crippen LogP contribution < -0.4 is 4.90 Å². The first-order chi connectivity index (χ1) is 12.3. The number of rotatable bonds is 4. The molecule has 4 nitrogen and oxygen atoms in total. The van der Waals surface area contributed by atoms with Crippen LogP contribution in [-0.4, -0.2) is 42.8 Å². The summed E-state index contributed by atoms with van der Waals surface area (Å²) in [4.78, 5) is 15.1. The number of anilines is 1. The Kier molecular flexibility index (Phi) is 5.18. The Morgan fingerprint density at radius 3 is 2.42 bits per heavy atom. The fourth-order valence-electron chi connectivity index (χ4n) is 3.40. The zero-order valence-electron chi connectivity index (χ0n) is 14.3. The lowest BCUT2D eigenvalue weighted by Gasteiger charge is -2.25. The average molecular weight is 364 g/mol. The number of halogens is 3. The van der Waals surface area contributed by atoms with Gasteiger partial charge < -0.3 is 10.0 Å². The van der Waals surface area contributed by atoms with Gasteiger partial charge in [0, 0.05) is 24.7 Å². The smallest absolute Gasteiger partial charge is 0.411 e.